The fraction of sp³-hybridized carbons (Fsp3) is 0.474. The van der Waals surface area contributed by atoms with Gasteiger partial charge in [0, 0.05) is 24.2 Å². The first-order chi connectivity index (χ1) is 12.5. The predicted molar refractivity (Wildman–Crippen MR) is 106 cm³/mol. The molecule has 140 valence electrons. The number of hydrogen-bond acceptors (Lipinski definition) is 4. The van der Waals surface area contributed by atoms with Gasteiger partial charge in [0.05, 0.1) is 25.3 Å². The summed E-state index contributed by atoms with van der Waals surface area (Å²) >= 11 is 12.0. The summed E-state index contributed by atoms with van der Waals surface area (Å²) < 4.78 is 10.7. The number of benzene rings is 1. The Kier molecular flexibility index (Phi) is 5.73. The van der Waals surface area contributed by atoms with Crippen LogP contribution in [0, 0.1) is 0 Å². The van der Waals surface area contributed by atoms with Crippen molar-refractivity contribution in [3.8, 4) is 11.5 Å². The van der Waals surface area contributed by atoms with Crippen molar-refractivity contribution in [3.05, 3.63) is 34.0 Å². The van der Waals surface area contributed by atoms with Gasteiger partial charge in [-0.3, -0.25) is 4.79 Å². The van der Waals surface area contributed by atoms with Crippen molar-refractivity contribution in [2.75, 3.05) is 20.8 Å². The molecule has 3 rings (SSSR count). The number of nitrogens with one attached hydrogen (secondary N) is 1. The molecule has 1 unspecified atom stereocenters. The Balaban J connectivity index is 2.12. The molecule has 0 saturated carbocycles. The molecule has 26 heavy (non-hydrogen) atoms. The maximum absolute atomic E-state index is 12.8. The van der Waals surface area contributed by atoms with E-state index in [4.69, 9.17) is 33.3 Å². The highest BCUT2D eigenvalue weighted by Gasteiger charge is 2.37. The van der Waals surface area contributed by atoms with Crippen LogP contribution in [0.25, 0.3) is 0 Å². The van der Waals surface area contributed by atoms with Gasteiger partial charge in [0.1, 0.15) is 0 Å². The third-order valence-electron chi connectivity index (χ3n) is 4.79. The van der Waals surface area contributed by atoms with Crippen LogP contribution in [0.4, 0.5) is 0 Å². The maximum atomic E-state index is 12.8. The van der Waals surface area contributed by atoms with Crippen LogP contribution in [0.2, 0.25) is 5.02 Å². The third-order valence-corrected chi connectivity index (χ3v) is 5.41. The van der Waals surface area contributed by atoms with Crippen molar-refractivity contribution in [3.63, 3.8) is 0 Å². The number of ketones is 1. The number of rotatable bonds is 5. The van der Waals surface area contributed by atoms with Crippen molar-refractivity contribution in [2.24, 2.45) is 0 Å². The van der Waals surface area contributed by atoms with Crippen molar-refractivity contribution in [1.82, 2.24) is 10.2 Å². The summed E-state index contributed by atoms with van der Waals surface area (Å²) in [7, 11) is 3.11. The predicted octanol–water partition coefficient (Wildman–Crippen LogP) is 4.01. The first-order valence-electron chi connectivity index (χ1n) is 8.77. The molecule has 1 atom stereocenters. The molecule has 0 spiro atoms. The van der Waals surface area contributed by atoms with E-state index in [1.807, 2.05) is 12.1 Å². The summed E-state index contributed by atoms with van der Waals surface area (Å²) in [4.78, 5) is 14.8. The lowest BCUT2D eigenvalue weighted by Crippen LogP contribution is -2.49. The smallest absolute Gasteiger partial charge is 0.179 e. The number of hydrogen-bond donors (Lipinski definition) is 1. The third kappa shape index (κ3) is 3.28. The van der Waals surface area contributed by atoms with Gasteiger partial charge in [-0.1, -0.05) is 18.5 Å². The van der Waals surface area contributed by atoms with Crippen LogP contribution in [0.1, 0.15) is 44.2 Å². The molecule has 1 aromatic rings. The molecular formula is C19H23ClN2O3S. The molecule has 7 heteroatoms. The van der Waals surface area contributed by atoms with E-state index in [2.05, 4.69) is 17.1 Å². The fourth-order valence-corrected chi connectivity index (χ4v) is 4.28. The lowest BCUT2D eigenvalue weighted by molar-refractivity contribution is -0.116. The van der Waals surface area contributed by atoms with Gasteiger partial charge in [0.2, 0.25) is 0 Å². The summed E-state index contributed by atoms with van der Waals surface area (Å²) in [6.45, 7) is 2.91. The van der Waals surface area contributed by atoms with Crippen LogP contribution in [0.15, 0.2) is 23.4 Å². The number of thiocarbonyl (C=S) groups is 1. The monoisotopic (exact) mass is 394 g/mol. The second kappa shape index (κ2) is 7.84. The van der Waals surface area contributed by atoms with Crippen LogP contribution >= 0.6 is 23.8 Å². The van der Waals surface area contributed by atoms with Gasteiger partial charge in [0.15, 0.2) is 22.4 Å². The molecule has 5 nitrogen and oxygen atoms in total. The highest BCUT2D eigenvalue weighted by atomic mass is 35.5. The van der Waals surface area contributed by atoms with Crippen molar-refractivity contribution in [1.29, 1.82) is 0 Å². The number of carbonyl (C=O) groups excluding carboxylic acids is 1. The highest BCUT2D eigenvalue weighted by Crippen LogP contribution is 2.42. The molecule has 0 amide bonds. The van der Waals surface area contributed by atoms with Gasteiger partial charge >= 0.3 is 0 Å². The number of methoxy groups -OCH3 is 2. The molecule has 0 fully saturated rings. The van der Waals surface area contributed by atoms with Crippen molar-refractivity contribution >= 4 is 34.7 Å². The second-order valence-corrected chi connectivity index (χ2v) is 7.20. The molecule has 1 aromatic carbocycles. The Bertz CT molecular complexity index is 778. The van der Waals surface area contributed by atoms with E-state index in [1.165, 1.54) is 0 Å². The van der Waals surface area contributed by atoms with Gasteiger partial charge in [-0.25, -0.2) is 0 Å². The summed E-state index contributed by atoms with van der Waals surface area (Å²) in [6.07, 6.45) is 3.24. The molecule has 0 bridgehead atoms. The van der Waals surface area contributed by atoms with E-state index in [0.717, 1.165) is 42.6 Å². The van der Waals surface area contributed by atoms with Crippen LogP contribution < -0.4 is 14.8 Å². The summed E-state index contributed by atoms with van der Waals surface area (Å²) in [5, 5.41) is 4.43. The van der Waals surface area contributed by atoms with Crippen molar-refractivity contribution in [2.45, 2.75) is 38.6 Å². The van der Waals surface area contributed by atoms with Crippen molar-refractivity contribution < 1.29 is 14.3 Å². The summed E-state index contributed by atoms with van der Waals surface area (Å²) in [5.41, 5.74) is 2.68. The summed E-state index contributed by atoms with van der Waals surface area (Å²) in [5.74, 6) is 1.18. The van der Waals surface area contributed by atoms with E-state index in [0.29, 0.717) is 28.1 Å². The van der Waals surface area contributed by atoms with Crippen LogP contribution in [-0.2, 0) is 4.79 Å². The first-order valence-corrected chi connectivity index (χ1v) is 9.56. The Morgan fingerprint density at radius 3 is 2.73 bits per heavy atom. The SMILES string of the molecule is CCCN1C(=S)NC(c2cc(Cl)c(OC)c(OC)c2)C2=C1CCCC2=O. The standard InChI is InChI=1S/C19H23ClN2O3S/c1-4-8-22-13-6-5-7-14(23)16(13)17(21-19(22)26)11-9-12(20)18(25-3)15(10-11)24-2/h9-10,17H,4-8H2,1-3H3,(H,21,26). The Morgan fingerprint density at radius 1 is 1.31 bits per heavy atom. The molecule has 1 aliphatic carbocycles. The molecule has 0 saturated heterocycles. The fourth-order valence-electron chi connectivity index (χ4n) is 3.67. The minimum absolute atomic E-state index is 0.165. The average Bonchev–Trinajstić information content (AvgIpc) is 2.63. The quantitative estimate of drug-likeness (QED) is 0.761. The van der Waals surface area contributed by atoms with E-state index in [-0.39, 0.29) is 11.8 Å². The zero-order chi connectivity index (χ0) is 18.8. The zero-order valence-electron chi connectivity index (χ0n) is 15.2. The Hall–Kier alpha value is -1.79. The lowest BCUT2D eigenvalue weighted by Gasteiger charge is -2.41. The zero-order valence-corrected chi connectivity index (χ0v) is 16.8. The first kappa shape index (κ1) is 19.0. The van der Waals surface area contributed by atoms with Crippen LogP contribution in [-0.4, -0.2) is 36.6 Å². The molecular weight excluding hydrogens is 372 g/mol. The Morgan fingerprint density at radius 2 is 2.08 bits per heavy atom. The molecule has 0 aromatic heterocycles. The number of Topliss-reactive ketones (excluding diaryl/α,β-unsaturated/α-hetero) is 1. The van der Waals surface area contributed by atoms with E-state index in [9.17, 15) is 4.79 Å². The Labute approximate surface area is 164 Å². The largest absolute Gasteiger partial charge is 0.493 e. The highest BCUT2D eigenvalue weighted by molar-refractivity contribution is 7.80. The number of carbonyl (C=O) groups is 1. The van der Waals surface area contributed by atoms with Gasteiger partial charge < -0.3 is 19.7 Å². The van der Waals surface area contributed by atoms with Crippen LogP contribution in [0.3, 0.4) is 0 Å². The molecule has 1 aliphatic heterocycles. The minimum atomic E-state index is -0.323. The second-order valence-electron chi connectivity index (χ2n) is 6.41. The molecule has 2 aliphatic rings. The van der Waals surface area contributed by atoms with E-state index in [1.54, 1.807) is 14.2 Å². The maximum Gasteiger partial charge on any atom is 0.179 e. The van der Waals surface area contributed by atoms with Gasteiger partial charge in [0.25, 0.3) is 0 Å². The number of nitrogens with zero attached hydrogens (tertiary/aromatic N) is 1. The van der Waals surface area contributed by atoms with Gasteiger partial charge in [-0.2, -0.15) is 0 Å². The molecule has 1 N–H and O–H groups in total. The normalized spacial score (nSPS) is 20.0. The number of ether oxygens (including phenoxy) is 2. The van der Waals surface area contributed by atoms with Gasteiger partial charge in [-0.05, 0) is 49.2 Å². The van der Waals surface area contributed by atoms with Crippen LogP contribution in [0.5, 0.6) is 11.5 Å². The van der Waals surface area contributed by atoms with E-state index >= 15 is 0 Å². The van der Waals surface area contributed by atoms with Gasteiger partial charge in [-0.15, -0.1) is 0 Å². The number of halogens is 1. The molecule has 0 radical (unpaired) electrons. The van der Waals surface area contributed by atoms with E-state index < -0.39 is 0 Å². The number of allylic oxidation sites excluding steroid dienone is 1. The lowest BCUT2D eigenvalue weighted by atomic mass is 9.84. The molecule has 1 heterocycles. The summed E-state index contributed by atoms with van der Waals surface area (Å²) in [6, 6.07) is 3.34. The average molecular weight is 395 g/mol. The minimum Gasteiger partial charge on any atom is -0.493 e. The topological polar surface area (TPSA) is 50.8 Å².